The normalized spacial score (nSPS) is 12.4. The maximum atomic E-state index is 11.3. The Bertz CT molecular complexity index is 521. The average Bonchev–Trinajstić information content (AvgIpc) is 2.81. The number of amides is 1. The lowest BCUT2D eigenvalue weighted by Gasteiger charge is -1.97. The minimum atomic E-state index is -0.430. The first-order valence-corrected chi connectivity index (χ1v) is 5.11. The monoisotopic (exact) mass is 248 g/mol. The molecule has 7 nitrogen and oxygen atoms in total. The summed E-state index contributed by atoms with van der Waals surface area (Å²) < 4.78 is 10.4. The highest BCUT2D eigenvalue weighted by Gasteiger charge is 2.12. The van der Waals surface area contributed by atoms with Crippen LogP contribution in [0, 0.1) is 0 Å². The number of benzene rings is 1. The third-order valence-corrected chi connectivity index (χ3v) is 2.12. The zero-order valence-corrected chi connectivity index (χ0v) is 9.42. The molecule has 5 N–H and O–H groups in total. The van der Waals surface area contributed by atoms with Gasteiger partial charge in [0.1, 0.15) is 0 Å². The van der Waals surface area contributed by atoms with E-state index in [-0.39, 0.29) is 12.8 Å². The number of carbonyl (C=O) groups excluding carboxylic acids is 1. The van der Waals surface area contributed by atoms with Crippen molar-refractivity contribution in [3.8, 4) is 11.5 Å². The number of nitrogens with two attached hydrogens (primary N) is 2. The fourth-order valence-corrected chi connectivity index (χ4v) is 1.35. The number of guanidine groups is 1. The molecule has 0 unspecified atom stereocenters. The quantitative estimate of drug-likeness (QED) is 0.295. The van der Waals surface area contributed by atoms with Crippen LogP contribution in [0.2, 0.25) is 0 Å². The zero-order valence-electron chi connectivity index (χ0n) is 9.42. The Hall–Kier alpha value is -2.70. The minimum Gasteiger partial charge on any atom is -0.454 e. The van der Waals surface area contributed by atoms with Gasteiger partial charge in [-0.3, -0.25) is 4.79 Å². The van der Waals surface area contributed by atoms with Crippen molar-refractivity contribution in [2.75, 3.05) is 6.79 Å². The molecule has 1 aliphatic heterocycles. The highest BCUT2D eigenvalue weighted by molar-refractivity contribution is 5.92. The van der Waals surface area contributed by atoms with Crippen LogP contribution >= 0.6 is 0 Å². The summed E-state index contributed by atoms with van der Waals surface area (Å²) in [5.41, 5.74) is 13.1. The molecule has 94 valence electrons. The molecule has 18 heavy (non-hydrogen) atoms. The molecule has 0 saturated heterocycles. The smallest absolute Gasteiger partial charge is 0.264 e. The van der Waals surface area contributed by atoms with Gasteiger partial charge in [0.15, 0.2) is 11.5 Å². The maximum Gasteiger partial charge on any atom is 0.264 e. The number of nitrogens with zero attached hydrogens (tertiary/aromatic N) is 1. The molecule has 0 radical (unpaired) electrons. The first-order chi connectivity index (χ1) is 8.65. The van der Waals surface area contributed by atoms with Crippen molar-refractivity contribution in [2.45, 2.75) is 0 Å². The minimum absolute atomic E-state index is 0.208. The predicted molar refractivity (Wildman–Crippen MR) is 65.6 cm³/mol. The molecule has 0 bridgehead atoms. The molecule has 1 heterocycles. The summed E-state index contributed by atoms with van der Waals surface area (Å²) in [6, 6.07) is 5.35. The molecule has 7 heteroatoms. The number of ether oxygens (including phenoxy) is 2. The number of nitrogens with one attached hydrogen (secondary N) is 1. The van der Waals surface area contributed by atoms with Gasteiger partial charge in [-0.25, -0.2) is 5.43 Å². The van der Waals surface area contributed by atoms with Crippen LogP contribution in [-0.4, -0.2) is 18.7 Å². The standard InChI is InChI=1S/C11H12N4O3/c12-11(13)15-14-10(16)4-2-7-1-3-8-9(5-7)18-6-17-8/h1-5H,6H2,(H,14,16)(H4,12,13,15)/b4-2+. The summed E-state index contributed by atoms with van der Waals surface area (Å²) >= 11 is 0. The lowest BCUT2D eigenvalue weighted by Crippen LogP contribution is -2.28. The number of hydrazone groups is 1. The Morgan fingerprint density at radius 1 is 1.33 bits per heavy atom. The average molecular weight is 248 g/mol. The largest absolute Gasteiger partial charge is 0.454 e. The summed E-state index contributed by atoms with van der Waals surface area (Å²) in [7, 11) is 0. The summed E-state index contributed by atoms with van der Waals surface area (Å²) in [5, 5.41) is 3.37. The van der Waals surface area contributed by atoms with Crippen LogP contribution in [0.5, 0.6) is 11.5 Å². The second-order valence-electron chi connectivity index (χ2n) is 3.46. The number of hydrogen-bond donors (Lipinski definition) is 3. The van der Waals surface area contributed by atoms with E-state index in [0.717, 1.165) is 5.56 Å². The fraction of sp³-hybridized carbons (Fsp3) is 0.0909. The molecule has 0 aromatic heterocycles. The Morgan fingerprint density at radius 3 is 2.89 bits per heavy atom. The van der Waals surface area contributed by atoms with Gasteiger partial charge >= 0.3 is 0 Å². The van der Waals surface area contributed by atoms with Crippen molar-refractivity contribution >= 4 is 17.9 Å². The van der Waals surface area contributed by atoms with Gasteiger partial charge in [0.2, 0.25) is 12.8 Å². The van der Waals surface area contributed by atoms with Gasteiger partial charge in [-0.2, -0.15) is 0 Å². The van der Waals surface area contributed by atoms with Gasteiger partial charge in [-0.05, 0) is 23.8 Å². The van der Waals surface area contributed by atoms with Crippen molar-refractivity contribution in [1.29, 1.82) is 0 Å². The van der Waals surface area contributed by atoms with Crippen LogP contribution in [0.3, 0.4) is 0 Å². The van der Waals surface area contributed by atoms with E-state index in [1.54, 1.807) is 24.3 Å². The van der Waals surface area contributed by atoms with E-state index in [1.807, 2.05) is 0 Å². The number of rotatable bonds is 3. The van der Waals surface area contributed by atoms with Crippen LogP contribution in [-0.2, 0) is 4.79 Å². The summed E-state index contributed by atoms with van der Waals surface area (Å²) in [6.45, 7) is 0.216. The second kappa shape index (κ2) is 5.09. The molecule has 1 aromatic rings. The Kier molecular flexibility index (Phi) is 3.33. The van der Waals surface area contributed by atoms with E-state index in [1.165, 1.54) is 6.08 Å². The van der Waals surface area contributed by atoms with E-state index < -0.39 is 5.91 Å². The van der Waals surface area contributed by atoms with E-state index in [4.69, 9.17) is 20.9 Å². The molecule has 2 rings (SSSR count). The summed E-state index contributed by atoms with van der Waals surface area (Å²) in [4.78, 5) is 11.3. The van der Waals surface area contributed by atoms with Crippen molar-refractivity contribution in [1.82, 2.24) is 5.43 Å². The number of hydrogen-bond acceptors (Lipinski definition) is 4. The molecular weight excluding hydrogens is 236 g/mol. The molecule has 1 aromatic carbocycles. The van der Waals surface area contributed by atoms with Gasteiger partial charge in [-0.1, -0.05) is 6.07 Å². The number of carbonyl (C=O) groups is 1. The van der Waals surface area contributed by atoms with Crippen LogP contribution in [0.4, 0.5) is 0 Å². The fourth-order valence-electron chi connectivity index (χ4n) is 1.35. The third kappa shape index (κ3) is 2.91. The summed E-state index contributed by atoms with van der Waals surface area (Å²) in [6.07, 6.45) is 2.92. The molecule has 0 aliphatic carbocycles. The topological polar surface area (TPSA) is 112 Å². The second-order valence-corrected chi connectivity index (χ2v) is 3.46. The summed E-state index contributed by atoms with van der Waals surface area (Å²) in [5.74, 6) is 0.708. The van der Waals surface area contributed by atoms with Crippen LogP contribution in [0.15, 0.2) is 29.4 Å². The van der Waals surface area contributed by atoms with Crippen molar-refractivity contribution in [3.05, 3.63) is 29.8 Å². The molecular formula is C11H12N4O3. The SMILES string of the molecule is NC(N)=NNC(=O)/C=C/c1ccc2c(c1)OCO2. The van der Waals surface area contributed by atoms with Gasteiger partial charge in [0, 0.05) is 6.08 Å². The molecule has 1 amide bonds. The van der Waals surface area contributed by atoms with E-state index in [2.05, 4.69) is 10.5 Å². The van der Waals surface area contributed by atoms with E-state index >= 15 is 0 Å². The first-order valence-electron chi connectivity index (χ1n) is 5.11. The zero-order chi connectivity index (χ0) is 13.0. The number of fused-ring (bicyclic) bond motifs is 1. The van der Waals surface area contributed by atoms with Crippen LogP contribution < -0.4 is 26.4 Å². The lowest BCUT2D eigenvalue weighted by molar-refractivity contribution is -0.116. The van der Waals surface area contributed by atoms with Gasteiger partial charge in [0.25, 0.3) is 5.91 Å². The van der Waals surface area contributed by atoms with Gasteiger partial charge in [-0.15, -0.1) is 5.10 Å². The highest BCUT2D eigenvalue weighted by Crippen LogP contribution is 2.32. The molecule has 1 aliphatic rings. The lowest BCUT2D eigenvalue weighted by atomic mass is 10.2. The molecule has 0 saturated carbocycles. The first kappa shape index (κ1) is 11.8. The van der Waals surface area contributed by atoms with Crippen molar-refractivity contribution < 1.29 is 14.3 Å². The Morgan fingerprint density at radius 2 is 2.11 bits per heavy atom. The molecule has 0 fully saturated rings. The van der Waals surface area contributed by atoms with E-state index in [9.17, 15) is 4.79 Å². The molecule has 0 atom stereocenters. The Labute approximate surface area is 103 Å². The van der Waals surface area contributed by atoms with Crippen molar-refractivity contribution in [2.24, 2.45) is 16.6 Å². The maximum absolute atomic E-state index is 11.3. The van der Waals surface area contributed by atoms with Gasteiger partial charge in [0.05, 0.1) is 0 Å². The van der Waals surface area contributed by atoms with Gasteiger partial charge < -0.3 is 20.9 Å². The van der Waals surface area contributed by atoms with Crippen molar-refractivity contribution in [3.63, 3.8) is 0 Å². The Balaban J connectivity index is 2.01. The predicted octanol–water partition coefficient (Wildman–Crippen LogP) is -0.267. The van der Waals surface area contributed by atoms with Crippen LogP contribution in [0.1, 0.15) is 5.56 Å². The van der Waals surface area contributed by atoms with Crippen LogP contribution in [0.25, 0.3) is 6.08 Å². The molecule has 0 spiro atoms. The third-order valence-electron chi connectivity index (χ3n) is 2.12. The van der Waals surface area contributed by atoms with E-state index in [0.29, 0.717) is 11.5 Å². The highest BCUT2D eigenvalue weighted by atomic mass is 16.7.